The standard InChI is InChI=1S/C25H28N6OS3/c1-4-30(5-2)19-8-6-17(7-9-19)20-14-33-23(26-20)18-10-12-31(13-11-18)25(32)21-15-34-24(27-21)22-16(3)28-29-35-22/h6-9,14-15,18H,4-5,10-13H2,1-3H3. The molecule has 5 rings (SSSR count). The molecule has 0 saturated carbocycles. The normalized spacial score (nSPS) is 14.4. The molecule has 0 N–H and O–H groups in total. The number of nitrogens with zero attached hydrogens (tertiary/aromatic N) is 6. The van der Waals surface area contributed by atoms with Gasteiger partial charge in [0.1, 0.15) is 15.6 Å². The van der Waals surface area contributed by atoms with Gasteiger partial charge in [-0.2, -0.15) is 0 Å². The van der Waals surface area contributed by atoms with Crippen LogP contribution in [0.15, 0.2) is 35.0 Å². The summed E-state index contributed by atoms with van der Waals surface area (Å²) in [7, 11) is 0. The van der Waals surface area contributed by atoms with Crippen molar-refractivity contribution in [2.24, 2.45) is 0 Å². The number of piperidine rings is 1. The summed E-state index contributed by atoms with van der Waals surface area (Å²) in [5.74, 6) is 0.402. The van der Waals surface area contributed by atoms with Crippen LogP contribution in [0.1, 0.15) is 53.8 Å². The van der Waals surface area contributed by atoms with Crippen molar-refractivity contribution in [2.45, 2.75) is 39.5 Å². The minimum absolute atomic E-state index is 0.00852. The van der Waals surface area contributed by atoms with Crippen LogP contribution in [0.2, 0.25) is 0 Å². The molecule has 3 aromatic heterocycles. The van der Waals surface area contributed by atoms with Gasteiger partial charge < -0.3 is 9.80 Å². The molecular weight excluding hydrogens is 497 g/mol. The van der Waals surface area contributed by atoms with Crippen LogP contribution in [0, 0.1) is 6.92 Å². The molecule has 0 atom stereocenters. The van der Waals surface area contributed by atoms with Crippen molar-refractivity contribution < 1.29 is 4.79 Å². The number of carbonyl (C=O) groups is 1. The third-order valence-corrected chi connectivity index (χ3v) is 9.34. The maximum absolute atomic E-state index is 13.0. The maximum atomic E-state index is 13.0. The van der Waals surface area contributed by atoms with Crippen LogP contribution in [0.25, 0.3) is 21.1 Å². The van der Waals surface area contributed by atoms with E-state index in [1.54, 1.807) is 11.3 Å². The molecule has 0 radical (unpaired) electrons. The highest BCUT2D eigenvalue weighted by atomic mass is 32.1. The lowest BCUT2D eigenvalue weighted by Crippen LogP contribution is -2.38. The van der Waals surface area contributed by atoms with Gasteiger partial charge in [-0.05, 0) is 57.3 Å². The number of aryl methyl sites for hydroxylation is 1. The zero-order valence-electron chi connectivity index (χ0n) is 20.1. The Morgan fingerprint density at radius 2 is 1.80 bits per heavy atom. The first-order valence-electron chi connectivity index (χ1n) is 11.9. The second kappa shape index (κ2) is 10.5. The largest absolute Gasteiger partial charge is 0.372 e. The molecule has 4 aromatic rings. The number of hydrogen-bond donors (Lipinski definition) is 0. The first kappa shape index (κ1) is 24.0. The number of rotatable bonds is 7. The number of anilines is 1. The number of aromatic nitrogens is 4. The summed E-state index contributed by atoms with van der Waals surface area (Å²) in [5, 5.41) is 10.0. The van der Waals surface area contributed by atoms with Crippen molar-refractivity contribution in [3.8, 4) is 21.1 Å². The van der Waals surface area contributed by atoms with Gasteiger partial charge in [-0.15, -0.1) is 27.8 Å². The van der Waals surface area contributed by atoms with E-state index in [2.05, 4.69) is 63.0 Å². The third-order valence-electron chi connectivity index (χ3n) is 6.51. The Hall–Kier alpha value is -2.69. The Kier molecular flexibility index (Phi) is 7.22. The topological polar surface area (TPSA) is 75.1 Å². The van der Waals surface area contributed by atoms with Gasteiger partial charge in [0, 0.05) is 54.1 Å². The van der Waals surface area contributed by atoms with Crippen molar-refractivity contribution in [1.82, 2.24) is 24.5 Å². The molecule has 0 bridgehead atoms. The van der Waals surface area contributed by atoms with Gasteiger partial charge in [-0.3, -0.25) is 4.79 Å². The Labute approximate surface area is 217 Å². The van der Waals surface area contributed by atoms with Crippen LogP contribution in [0.5, 0.6) is 0 Å². The quantitative estimate of drug-likeness (QED) is 0.297. The van der Waals surface area contributed by atoms with Gasteiger partial charge in [-0.25, -0.2) is 9.97 Å². The molecule has 0 unspecified atom stereocenters. The maximum Gasteiger partial charge on any atom is 0.273 e. The fraction of sp³-hybridized carbons (Fsp3) is 0.400. The van der Waals surface area contributed by atoms with E-state index in [1.807, 2.05) is 17.2 Å². The zero-order chi connectivity index (χ0) is 24.4. The first-order chi connectivity index (χ1) is 17.1. The van der Waals surface area contributed by atoms with Crippen LogP contribution in [-0.4, -0.2) is 56.5 Å². The highest BCUT2D eigenvalue weighted by molar-refractivity contribution is 7.18. The highest BCUT2D eigenvalue weighted by Gasteiger charge is 2.28. The van der Waals surface area contributed by atoms with E-state index in [4.69, 9.17) is 4.98 Å². The average Bonchev–Trinajstić information content (AvgIpc) is 3.66. The van der Waals surface area contributed by atoms with E-state index >= 15 is 0 Å². The zero-order valence-corrected chi connectivity index (χ0v) is 22.5. The van der Waals surface area contributed by atoms with Gasteiger partial charge in [0.2, 0.25) is 0 Å². The molecule has 1 fully saturated rings. The summed E-state index contributed by atoms with van der Waals surface area (Å²) in [6, 6.07) is 8.70. The van der Waals surface area contributed by atoms with E-state index < -0.39 is 0 Å². The number of amides is 1. The lowest BCUT2D eigenvalue weighted by molar-refractivity contribution is 0.0708. The smallest absolute Gasteiger partial charge is 0.273 e. The van der Waals surface area contributed by atoms with Gasteiger partial charge in [0.05, 0.1) is 16.4 Å². The number of benzene rings is 1. The summed E-state index contributed by atoms with van der Waals surface area (Å²) in [6.07, 6.45) is 1.85. The molecule has 4 heterocycles. The fourth-order valence-electron chi connectivity index (χ4n) is 4.44. The summed E-state index contributed by atoms with van der Waals surface area (Å²) in [5.41, 5.74) is 4.81. The van der Waals surface area contributed by atoms with Crippen molar-refractivity contribution >= 4 is 45.8 Å². The molecule has 10 heteroatoms. The lowest BCUT2D eigenvalue weighted by atomic mass is 9.97. The minimum Gasteiger partial charge on any atom is -0.372 e. The predicted octanol–water partition coefficient (Wildman–Crippen LogP) is 5.96. The number of thiazole rings is 2. The Morgan fingerprint density at radius 1 is 1.06 bits per heavy atom. The number of hydrogen-bond acceptors (Lipinski definition) is 9. The molecule has 1 aliphatic heterocycles. The summed E-state index contributed by atoms with van der Waals surface area (Å²) in [6.45, 7) is 9.74. The van der Waals surface area contributed by atoms with Crippen molar-refractivity contribution in [2.75, 3.05) is 31.1 Å². The highest BCUT2D eigenvalue weighted by Crippen LogP contribution is 2.34. The molecule has 35 heavy (non-hydrogen) atoms. The SMILES string of the molecule is CCN(CC)c1ccc(-c2csc(C3CCN(C(=O)c4csc(-c5snnc5C)n4)CC3)n2)cc1. The minimum atomic E-state index is 0.00852. The number of carbonyl (C=O) groups excluding carboxylic acids is 1. The van der Waals surface area contributed by atoms with Gasteiger partial charge in [-0.1, -0.05) is 16.6 Å². The molecule has 1 amide bonds. The van der Waals surface area contributed by atoms with Gasteiger partial charge in [0.25, 0.3) is 5.91 Å². The average molecular weight is 525 g/mol. The van der Waals surface area contributed by atoms with Crippen LogP contribution in [-0.2, 0) is 0 Å². The van der Waals surface area contributed by atoms with Crippen LogP contribution < -0.4 is 4.90 Å². The van der Waals surface area contributed by atoms with E-state index in [-0.39, 0.29) is 5.91 Å². The monoisotopic (exact) mass is 524 g/mol. The summed E-state index contributed by atoms with van der Waals surface area (Å²) < 4.78 is 3.97. The van der Waals surface area contributed by atoms with E-state index in [0.717, 1.165) is 65.9 Å². The van der Waals surface area contributed by atoms with E-state index in [0.29, 0.717) is 11.6 Å². The molecule has 182 valence electrons. The molecule has 0 spiro atoms. The Morgan fingerprint density at radius 3 is 2.46 bits per heavy atom. The molecule has 1 saturated heterocycles. The van der Waals surface area contributed by atoms with Crippen LogP contribution in [0.3, 0.4) is 0 Å². The predicted molar refractivity (Wildman–Crippen MR) is 145 cm³/mol. The Balaban J connectivity index is 1.20. The first-order valence-corrected chi connectivity index (χ1v) is 14.5. The van der Waals surface area contributed by atoms with Crippen molar-refractivity contribution in [3.05, 3.63) is 51.4 Å². The van der Waals surface area contributed by atoms with Crippen LogP contribution in [0.4, 0.5) is 5.69 Å². The van der Waals surface area contributed by atoms with E-state index in [1.165, 1.54) is 33.6 Å². The van der Waals surface area contributed by atoms with Crippen LogP contribution >= 0.6 is 34.2 Å². The molecule has 7 nitrogen and oxygen atoms in total. The molecule has 0 aliphatic carbocycles. The molecule has 1 aromatic carbocycles. The van der Waals surface area contributed by atoms with Crippen molar-refractivity contribution in [1.29, 1.82) is 0 Å². The number of likely N-dealkylation sites (tertiary alicyclic amines) is 1. The Bertz CT molecular complexity index is 1280. The summed E-state index contributed by atoms with van der Waals surface area (Å²) >= 11 is 4.53. The van der Waals surface area contributed by atoms with Crippen molar-refractivity contribution in [3.63, 3.8) is 0 Å². The second-order valence-electron chi connectivity index (χ2n) is 8.58. The second-order valence-corrected chi connectivity index (χ2v) is 11.1. The van der Waals surface area contributed by atoms with Gasteiger partial charge >= 0.3 is 0 Å². The van der Waals surface area contributed by atoms with E-state index in [9.17, 15) is 4.79 Å². The fourth-order valence-corrected chi connectivity index (χ4v) is 7.02. The lowest BCUT2D eigenvalue weighted by Gasteiger charge is -2.30. The molecule has 1 aliphatic rings. The summed E-state index contributed by atoms with van der Waals surface area (Å²) in [4.78, 5) is 27.8. The third kappa shape index (κ3) is 5.00. The molecular formula is C25H28N6OS3. The van der Waals surface area contributed by atoms with Gasteiger partial charge in [0.15, 0.2) is 0 Å².